The molecule has 3 aromatic rings. The highest BCUT2D eigenvalue weighted by Gasteiger charge is 2.25. The van der Waals surface area contributed by atoms with Crippen molar-refractivity contribution < 1.29 is 4.74 Å². The average molecular weight is 336 g/mol. The summed E-state index contributed by atoms with van der Waals surface area (Å²) in [6.45, 7) is 0.703. The lowest BCUT2D eigenvalue weighted by Crippen LogP contribution is -2.31. The van der Waals surface area contributed by atoms with E-state index in [2.05, 4.69) is 32.5 Å². The van der Waals surface area contributed by atoms with E-state index in [0.29, 0.717) is 23.9 Å². The van der Waals surface area contributed by atoms with Crippen molar-refractivity contribution in [3.05, 3.63) is 60.7 Å². The second kappa shape index (κ2) is 6.90. The van der Waals surface area contributed by atoms with Gasteiger partial charge < -0.3 is 15.8 Å². The molecule has 1 aliphatic heterocycles. The van der Waals surface area contributed by atoms with Gasteiger partial charge in [0.25, 0.3) is 0 Å². The van der Waals surface area contributed by atoms with E-state index in [0.717, 1.165) is 12.8 Å². The SMILES string of the molecule is Nc1c(NC2CCOC(c3ccccc3)C2)ncnc1-n1cccn1. The fraction of sp³-hybridized carbons (Fsp3) is 0.278. The number of aromatic nitrogens is 4. The van der Waals surface area contributed by atoms with Gasteiger partial charge in [-0.25, -0.2) is 14.6 Å². The van der Waals surface area contributed by atoms with Gasteiger partial charge in [0.2, 0.25) is 0 Å². The number of ether oxygens (including phenoxy) is 1. The molecule has 3 N–H and O–H groups in total. The summed E-state index contributed by atoms with van der Waals surface area (Å²) < 4.78 is 7.56. The molecule has 2 aromatic heterocycles. The van der Waals surface area contributed by atoms with Crippen molar-refractivity contribution >= 4 is 11.5 Å². The number of nitrogens with zero attached hydrogens (tertiary/aromatic N) is 4. The summed E-state index contributed by atoms with van der Waals surface area (Å²) in [7, 11) is 0. The maximum Gasteiger partial charge on any atom is 0.181 e. The maximum absolute atomic E-state index is 6.26. The van der Waals surface area contributed by atoms with Crippen LogP contribution < -0.4 is 11.1 Å². The zero-order valence-electron chi connectivity index (χ0n) is 13.7. The first-order valence-electron chi connectivity index (χ1n) is 8.35. The monoisotopic (exact) mass is 336 g/mol. The molecule has 1 saturated heterocycles. The molecule has 0 saturated carbocycles. The van der Waals surface area contributed by atoms with E-state index in [4.69, 9.17) is 10.5 Å². The van der Waals surface area contributed by atoms with Gasteiger partial charge in [-0.3, -0.25) is 0 Å². The van der Waals surface area contributed by atoms with Crippen molar-refractivity contribution in [2.45, 2.75) is 25.0 Å². The second-order valence-electron chi connectivity index (χ2n) is 6.05. The van der Waals surface area contributed by atoms with Crippen LogP contribution in [0.4, 0.5) is 11.5 Å². The van der Waals surface area contributed by atoms with E-state index in [1.807, 2.05) is 30.5 Å². The van der Waals surface area contributed by atoms with Gasteiger partial charge in [-0.15, -0.1) is 0 Å². The highest BCUT2D eigenvalue weighted by atomic mass is 16.5. The molecule has 2 unspecified atom stereocenters. The maximum atomic E-state index is 6.26. The Morgan fingerprint density at radius 3 is 2.84 bits per heavy atom. The topological polar surface area (TPSA) is 90.9 Å². The normalized spacial score (nSPS) is 20.3. The molecular weight excluding hydrogens is 316 g/mol. The Morgan fingerprint density at radius 2 is 2.04 bits per heavy atom. The van der Waals surface area contributed by atoms with Crippen LogP contribution in [0.15, 0.2) is 55.1 Å². The molecule has 0 radical (unpaired) electrons. The van der Waals surface area contributed by atoms with E-state index in [1.165, 1.54) is 11.9 Å². The van der Waals surface area contributed by atoms with Gasteiger partial charge in [-0.05, 0) is 24.5 Å². The number of benzene rings is 1. The number of nitrogen functional groups attached to an aromatic ring is 1. The van der Waals surface area contributed by atoms with Gasteiger partial charge in [0.1, 0.15) is 12.0 Å². The Balaban J connectivity index is 1.51. The Morgan fingerprint density at radius 1 is 1.16 bits per heavy atom. The van der Waals surface area contributed by atoms with Gasteiger partial charge in [0, 0.05) is 25.0 Å². The number of nitrogens with one attached hydrogen (secondary N) is 1. The van der Waals surface area contributed by atoms with Crippen LogP contribution in [0, 0.1) is 0 Å². The summed E-state index contributed by atoms with van der Waals surface area (Å²) in [4.78, 5) is 8.55. The molecule has 1 fully saturated rings. The molecule has 7 heteroatoms. The lowest BCUT2D eigenvalue weighted by Gasteiger charge is -2.31. The molecule has 1 aliphatic rings. The van der Waals surface area contributed by atoms with Crippen molar-refractivity contribution in [1.29, 1.82) is 0 Å². The van der Waals surface area contributed by atoms with Crippen LogP contribution in [0.1, 0.15) is 24.5 Å². The summed E-state index contributed by atoms with van der Waals surface area (Å²) >= 11 is 0. The third-order valence-electron chi connectivity index (χ3n) is 4.38. The number of rotatable bonds is 4. The minimum absolute atomic E-state index is 0.0843. The zero-order valence-corrected chi connectivity index (χ0v) is 13.7. The molecule has 0 bridgehead atoms. The van der Waals surface area contributed by atoms with Crippen LogP contribution in [-0.2, 0) is 4.74 Å². The lowest BCUT2D eigenvalue weighted by molar-refractivity contribution is 0.00975. The molecule has 128 valence electrons. The van der Waals surface area contributed by atoms with Crippen molar-refractivity contribution in [3.63, 3.8) is 0 Å². The summed E-state index contributed by atoms with van der Waals surface area (Å²) in [6, 6.07) is 12.4. The molecular formula is C18H20N6O. The van der Waals surface area contributed by atoms with Crippen molar-refractivity contribution in [2.75, 3.05) is 17.7 Å². The quantitative estimate of drug-likeness (QED) is 0.761. The number of hydrogen-bond acceptors (Lipinski definition) is 6. The number of hydrogen-bond donors (Lipinski definition) is 2. The highest BCUT2D eigenvalue weighted by molar-refractivity contribution is 5.69. The van der Waals surface area contributed by atoms with E-state index in [9.17, 15) is 0 Å². The standard InChI is InChI=1S/C18H20N6O/c19-16-17(20-12-21-18(16)24-9-4-8-22-24)23-14-7-10-25-15(11-14)13-5-2-1-3-6-13/h1-6,8-9,12,14-15H,7,10-11,19H2,(H,20,21,23). The summed E-state index contributed by atoms with van der Waals surface area (Å²) in [5.74, 6) is 1.22. The smallest absolute Gasteiger partial charge is 0.181 e. The molecule has 2 atom stereocenters. The van der Waals surface area contributed by atoms with Crippen LogP contribution in [0.25, 0.3) is 5.82 Å². The summed E-state index contributed by atoms with van der Waals surface area (Å²) in [5, 5.41) is 7.64. The molecule has 0 aliphatic carbocycles. The number of nitrogens with two attached hydrogens (primary N) is 1. The average Bonchev–Trinajstić information content (AvgIpc) is 3.19. The molecule has 7 nitrogen and oxygen atoms in total. The Kier molecular flexibility index (Phi) is 4.30. The van der Waals surface area contributed by atoms with Crippen molar-refractivity contribution in [3.8, 4) is 5.82 Å². The Labute approximate surface area is 145 Å². The predicted octanol–water partition coefficient (Wildman–Crippen LogP) is 2.58. The van der Waals surface area contributed by atoms with Gasteiger partial charge in [-0.2, -0.15) is 5.10 Å². The minimum Gasteiger partial charge on any atom is -0.393 e. The van der Waals surface area contributed by atoms with Crippen LogP contribution in [-0.4, -0.2) is 32.4 Å². The Bertz CT molecular complexity index is 821. The zero-order chi connectivity index (χ0) is 17.1. The van der Waals surface area contributed by atoms with Crippen molar-refractivity contribution in [1.82, 2.24) is 19.7 Å². The number of anilines is 2. The molecule has 1 aromatic carbocycles. The predicted molar refractivity (Wildman–Crippen MR) is 95.3 cm³/mol. The van der Waals surface area contributed by atoms with Crippen LogP contribution in [0.3, 0.4) is 0 Å². The molecule has 4 rings (SSSR count). The largest absolute Gasteiger partial charge is 0.393 e. The van der Waals surface area contributed by atoms with Gasteiger partial charge in [0.15, 0.2) is 11.6 Å². The third-order valence-corrected chi connectivity index (χ3v) is 4.38. The molecule has 0 amide bonds. The van der Waals surface area contributed by atoms with Gasteiger partial charge in [0.05, 0.1) is 6.10 Å². The van der Waals surface area contributed by atoms with Crippen LogP contribution in [0.2, 0.25) is 0 Å². The van der Waals surface area contributed by atoms with E-state index >= 15 is 0 Å². The van der Waals surface area contributed by atoms with E-state index < -0.39 is 0 Å². The Hall–Kier alpha value is -2.93. The van der Waals surface area contributed by atoms with Crippen LogP contribution in [0.5, 0.6) is 0 Å². The fourth-order valence-electron chi connectivity index (χ4n) is 3.10. The fourth-order valence-corrected chi connectivity index (χ4v) is 3.10. The van der Waals surface area contributed by atoms with Crippen molar-refractivity contribution in [2.24, 2.45) is 0 Å². The second-order valence-corrected chi connectivity index (χ2v) is 6.05. The van der Waals surface area contributed by atoms with Gasteiger partial charge in [-0.1, -0.05) is 30.3 Å². The minimum atomic E-state index is 0.0843. The van der Waals surface area contributed by atoms with E-state index in [1.54, 1.807) is 10.9 Å². The van der Waals surface area contributed by atoms with Gasteiger partial charge >= 0.3 is 0 Å². The first kappa shape index (κ1) is 15.6. The first-order chi connectivity index (χ1) is 12.3. The molecule has 0 spiro atoms. The first-order valence-corrected chi connectivity index (χ1v) is 8.35. The lowest BCUT2D eigenvalue weighted by atomic mass is 9.97. The summed E-state index contributed by atoms with van der Waals surface area (Å²) in [5.41, 5.74) is 7.95. The van der Waals surface area contributed by atoms with E-state index in [-0.39, 0.29) is 12.1 Å². The summed E-state index contributed by atoms with van der Waals surface area (Å²) in [6.07, 6.45) is 6.86. The highest BCUT2D eigenvalue weighted by Crippen LogP contribution is 2.31. The molecule has 25 heavy (non-hydrogen) atoms. The molecule has 3 heterocycles. The third kappa shape index (κ3) is 3.32. The van der Waals surface area contributed by atoms with Crippen LogP contribution >= 0.6 is 0 Å².